The first-order valence-corrected chi connectivity index (χ1v) is 7.81. The Kier molecular flexibility index (Phi) is 10.3. The largest absolute Gasteiger partial charge is 0.481 e. The smallest absolute Gasteiger partial charge is 0.313 e. The van der Waals surface area contributed by atoms with Gasteiger partial charge in [0.1, 0.15) is 0 Å². The summed E-state index contributed by atoms with van der Waals surface area (Å²) in [6, 6.07) is 0.00230. The van der Waals surface area contributed by atoms with Gasteiger partial charge in [0.2, 0.25) is 17.4 Å². The van der Waals surface area contributed by atoms with Gasteiger partial charge in [0.05, 0.1) is 52.5 Å². The van der Waals surface area contributed by atoms with Gasteiger partial charge in [-0.15, -0.1) is 0 Å². The van der Waals surface area contributed by atoms with E-state index in [0.29, 0.717) is 0 Å². The van der Waals surface area contributed by atoms with Gasteiger partial charge in [-0.05, 0) is 0 Å². The van der Waals surface area contributed by atoms with E-state index in [-0.39, 0.29) is 52.1 Å². The number of carboxylic acid groups (broad SMARTS) is 1. The van der Waals surface area contributed by atoms with E-state index in [0.717, 1.165) is 0 Å². The van der Waals surface area contributed by atoms with Gasteiger partial charge in [-0.3, -0.25) is 9.59 Å². The highest BCUT2D eigenvalue weighted by Crippen LogP contribution is 2.26. The van der Waals surface area contributed by atoms with Gasteiger partial charge >= 0.3 is 11.9 Å². The number of halogens is 4. The van der Waals surface area contributed by atoms with Gasteiger partial charge < -0.3 is 24.1 Å². The second kappa shape index (κ2) is 12.2. The van der Waals surface area contributed by atoms with Crippen molar-refractivity contribution < 1.29 is 51.2 Å². The summed E-state index contributed by atoms with van der Waals surface area (Å²) in [4.78, 5) is 21.7. The molecule has 0 spiro atoms. The Morgan fingerprint density at radius 2 is 1.22 bits per heavy atom. The van der Waals surface area contributed by atoms with Crippen LogP contribution in [0.25, 0.3) is 0 Å². The first-order chi connectivity index (χ1) is 12.8. The number of hydrogen-bond donors (Lipinski definition) is 1. The summed E-state index contributed by atoms with van der Waals surface area (Å²) >= 11 is 0. The van der Waals surface area contributed by atoms with Crippen LogP contribution in [-0.2, 0) is 23.8 Å². The molecule has 1 N–H and O–H groups in total. The van der Waals surface area contributed by atoms with E-state index in [1.165, 1.54) is 0 Å². The third-order valence-corrected chi connectivity index (χ3v) is 2.94. The van der Waals surface area contributed by atoms with E-state index in [2.05, 4.69) is 4.74 Å². The summed E-state index contributed by atoms with van der Waals surface area (Å²) in [5.74, 6) is -10.5. The molecular formula is C16H18F4O7. The molecule has 0 aliphatic carbocycles. The molecule has 0 unspecified atom stereocenters. The molecular weight excluding hydrogens is 380 g/mol. The lowest BCUT2D eigenvalue weighted by Gasteiger charge is -2.08. The lowest BCUT2D eigenvalue weighted by molar-refractivity contribution is -0.138. The number of esters is 1. The minimum Gasteiger partial charge on any atom is -0.481 e. The van der Waals surface area contributed by atoms with Crippen molar-refractivity contribution in [2.24, 2.45) is 0 Å². The number of carboxylic acids is 1. The Labute approximate surface area is 151 Å². The van der Waals surface area contributed by atoms with Gasteiger partial charge in [0.15, 0.2) is 11.6 Å². The molecule has 0 radical (unpaired) electrons. The van der Waals surface area contributed by atoms with E-state index in [4.69, 9.17) is 19.3 Å². The number of carbonyl (C=O) groups excluding carboxylic acids is 1. The third-order valence-electron chi connectivity index (χ3n) is 2.94. The average Bonchev–Trinajstić information content (AvgIpc) is 2.61. The number of ether oxygens (including phenoxy) is 4. The zero-order chi connectivity index (χ0) is 20.2. The SMILES string of the molecule is O=C(O)CCOCCOCCOCCC(=O)Oc1c(F)c(F)cc(F)c1F. The fraction of sp³-hybridized carbons (Fsp3) is 0.500. The topological polar surface area (TPSA) is 91.3 Å². The summed E-state index contributed by atoms with van der Waals surface area (Å²) in [7, 11) is 0. The maximum atomic E-state index is 13.3. The quantitative estimate of drug-likeness (QED) is 0.179. The Bertz CT molecular complexity index is 613. The van der Waals surface area contributed by atoms with Crippen molar-refractivity contribution in [3.05, 3.63) is 29.3 Å². The van der Waals surface area contributed by atoms with Crippen LogP contribution < -0.4 is 4.74 Å². The molecule has 0 aliphatic rings. The molecule has 1 rings (SSSR count). The highest BCUT2D eigenvalue weighted by atomic mass is 19.2. The van der Waals surface area contributed by atoms with Crippen LogP contribution in [0.3, 0.4) is 0 Å². The maximum absolute atomic E-state index is 13.3. The number of benzene rings is 1. The van der Waals surface area contributed by atoms with Crippen molar-refractivity contribution in [3.63, 3.8) is 0 Å². The van der Waals surface area contributed by atoms with E-state index >= 15 is 0 Å². The third kappa shape index (κ3) is 8.80. The van der Waals surface area contributed by atoms with E-state index in [1.54, 1.807) is 0 Å². The molecule has 0 amide bonds. The van der Waals surface area contributed by atoms with E-state index in [1.807, 2.05) is 0 Å². The molecule has 0 bridgehead atoms. The molecule has 1 aromatic rings. The van der Waals surface area contributed by atoms with Gasteiger partial charge in [0.25, 0.3) is 0 Å². The number of aliphatic carboxylic acids is 1. The van der Waals surface area contributed by atoms with Crippen LogP contribution in [0.15, 0.2) is 6.07 Å². The molecule has 0 aromatic heterocycles. The summed E-state index contributed by atoms with van der Waals surface area (Å²) in [5.41, 5.74) is 0. The van der Waals surface area contributed by atoms with Crippen molar-refractivity contribution >= 4 is 11.9 Å². The summed E-state index contributed by atoms with van der Waals surface area (Å²) in [6.45, 7) is 0.594. The van der Waals surface area contributed by atoms with Crippen molar-refractivity contribution in [1.82, 2.24) is 0 Å². The van der Waals surface area contributed by atoms with Gasteiger partial charge in [-0.2, -0.15) is 8.78 Å². The van der Waals surface area contributed by atoms with Crippen LogP contribution >= 0.6 is 0 Å². The normalized spacial score (nSPS) is 10.8. The fourth-order valence-corrected chi connectivity index (χ4v) is 1.66. The predicted octanol–water partition coefficient (Wildman–Crippen LogP) is 2.06. The molecule has 0 saturated heterocycles. The van der Waals surface area contributed by atoms with Crippen LogP contribution in [0.5, 0.6) is 5.75 Å². The Balaban J connectivity index is 2.13. The summed E-state index contributed by atoms with van der Waals surface area (Å²) < 4.78 is 72.0. The minimum atomic E-state index is -1.80. The van der Waals surface area contributed by atoms with Gasteiger partial charge in [-0.1, -0.05) is 0 Å². The van der Waals surface area contributed by atoms with Crippen LogP contribution in [0, 0.1) is 23.3 Å². The van der Waals surface area contributed by atoms with Crippen LogP contribution in [-0.4, -0.2) is 56.7 Å². The predicted molar refractivity (Wildman–Crippen MR) is 81.2 cm³/mol. The number of carbonyl (C=O) groups is 2. The minimum absolute atomic E-state index is 0.00230. The maximum Gasteiger partial charge on any atom is 0.313 e. The molecule has 1 aromatic carbocycles. The average molecular weight is 398 g/mol. The Morgan fingerprint density at radius 1 is 0.778 bits per heavy atom. The van der Waals surface area contributed by atoms with Gasteiger partial charge in [-0.25, -0.2) is 8.78 Å². The molecule has 11 heteroatoms. The van der Waals surface area contributed by atoms with E-state index in [9.17, 15) is 27.2 Å². The summed E-state index contributed by atoms with van der Waals surface area (Å²) in [6.07, 6.45) is -0.509. The first kappa shape index (κ1) is 22.8. The molecule has 0 atom stereocenters. The molecule has 0 saturated carbocycles. The van der Waals surface area contributed by atoms with Crippen LogP contribution in [0.4, 0.5) is 17.6 Å². The fourth-order valence-electron chi connectivity index (χ4n) is 1.66. The lowest BCUT2D eigenvalue weighted by atomic mass is 10.3. The highest BCUT2D eigenvalue weighted by Gasteiger charge is 2.22. The molecule has 0 aliphatic heterocycles. The lowest BCUT2D eigenvalue weighted by Crippen LogP contribution is -2.16. The Morgan fingerprint density at radius 3 is 1.70 bits per heavy atom. The Hall–Kier alpha value is -2.24. The second-order valence-electron chi connectivity index (χ2n) is 5.00. The molecule has 0 heterocycles. The van der Waals surface area contributed by atoms with E-state index < -0.39 is 47.4 Å². The highest BCUT2D eigenvalue weighted by molar-refractivity contribution is 5.72. The van der Waals surface area contributed by atoms with Crippen molar-refractivity contribution in [2.75, 3.05) is 39.6 Å². The standard InChI is InChI=1S/C16H18F4O7/c17-10-9-11(18)15(20)16(14(10)19)27-13(23)2-4-25-6-8-26-7-5-24-3-1-12(21)22/h9H,1-8H2,(H,21,22). The van der Waals surface area contributed by atoms with Crippen LogP contribution in [0.1, 0.15) is 12.8 Å². The molecule has 152 valence electrons. The number of hydrogen-bond acceptors (Lipinski definition) is 6. The van der Waals surface area contributed by atoms with Gasteiger partial charge in [0, 0.05) is 6.07 Å². The van der Waals surface area contributed by atoms with Crippen molar-refractivity contribution in [3.8, 4) is 5.75 Å². The zero-order valence-electron chi connectivity index (χ0n) is 14.1. The van der Waals surface area contributed by atoms with Crippen molar-refractivity contribution in [2.45, 2.75) is 12.8 Å². The zero-order valence-corrected chi connectivity index (χ0v) is 14.1. The second-order valence-corrected chi connectivity index (χ2v) is 5.00. The van der Waals surface area contributed by atoms with Crippen molar-refractivity contribution in [1.29, 1.82) is 0 Å². The molecule has 0 fully saturated rings. The molecule has 7 nitrogen and oxygen atoms in total. The summed E-state index contributed by atoms with van der Waals surface area (Å²) in [5, 5.41) is 8.38. The first-order valence-electron chi connectivity index (χ1n) is 7.81. The molecule has 27 heavy (non-hydrogen) atoms. The monoisotopic (exact) mass is 398 g/mol. The van der Waals surface area contributed by atoms with Crippen LogP contribution in [0.2, 0.25) is 0 Å². The number of rotatable bonds is 13.